The van der Waals surface area contributed by atoms with Gasteiger partial charge in [-0.1, -0.05) is 43.3 Å². The van der Waals surface area contributed by atoms with Crippen molar-refractivity contribution < 1.29 is 17.6 Å². The molecule has 0 spiro atoms. The van der Waals surface area contributed by atoms with E-state index >= 15 is 0 Å². The third-order valence-corrected chi connectivity index (χ3v) is 5.38. The van der Waals surface area contributed by atoms with Gasteiger partial charge in [0.15, 0.2) is 0 Å². The summed E-state index contributed by atoms with van der Waals surface area (Å²) in [5.74, 6) is -0.777. The van der Waals surface area contributed by atoms with Gasteiger partial charge in [-0.05, 0) is 35.2 Å². The number of fused-ring (bicyclic) bond motifs is 1. The van der Waals surface area contributed by atoms with Crippen molar-refractivity contribution in [3.63, 3.8) is 0 Å². The molecule has 0 unspecified atom stereocenters. The fourth-order valence-electron chi connectivity index (χ4n) is 3.38. The lowest BCUT2D eigenvalue weighted by molar-refractivity contribution is -0.123. The first-order chi connectivity index (χ1) is 12.2. The number of halogens is 1. The molecule has 1 aliphatic rings. The maximum atomic E-state index is 13.2. The van der Waals surface area contributed by atoms with Crippen LogP contribution in [0, 0.1) is 5.82 Å². The first-order valence-corrected chi connectivity index (χ1v) is 10.2. The third-order valence-electron chi connectivity index (χ3n) is 4.71. The maximum Gasteiger partial charge on any atom is 0.242 e. The van der Waals surface area contributed by atoms with Crippen molar-refractivity contribution >= 4 is 15.9 Å². The summed E-state index contributed by atoms with van der Waals surface area (Å²) in [5, 5.41) is 2.95. The highest BCUT2D eigenvalue weighted by molar-refractivity contribution is 7.88. The van der Waals surface area contributed by atoms with E-state index in [0.717, 1.165) is 6.26 Å². The van der Waals surface area contributed by atoms with E-state index < -0.39 is 27.8 Å². The maximum absolute atomic E-state index is 13.2. The zero-order chi connectivity index (χ0) is 18.9. The van der Waals surface area contributed by atoms with Gasteiger partial charge in [-0.3, -0.25) is 4.79 Å². The molecule has 26 heavy (non-hydrogen) atoms. The Morgan fingerprint density at radius 1 is 1.15 bits per heavy atom. The minimum atomic E-state index is -3.63. The van der Waals surface area contributed by atoms with Crippen LogP contribution in [0.1, 0.15) is 35.6 Å². The molecule has 5 nitrogen and oxygen atoms in total. The molecule has 1 aliphatic carbocycles. The van der Waals surface area contributed by atoms with E-state index in [4.69, 9.17) is 0 Å². The SMILES string of the molecule is C[C@@H]1c2ccccc2C[C@H]1NC(=O)[C@@H](NS(C)(=O)=O)c1ccc(F)cc1. The predicted octanol–water partition coefficient (Wildman–Crippen LogP) is 2.26. The summed E-state index contributed by atoms with van der Waals surface area (Å²) in [6.07, 6.45) is 1.68. The Labute approximate surface area is 152 Å². The second-order valence-electron chi connectivity index (χ2n) is 6.68. The van der Waals surface area contributed by atoms with Crippen LogP contribution in [0.4, 0.5) is 4.39 Å². The molecule has 2 N–H and O–H groups in total. The molecule has 0 aliphatic heterocycles. The van der Waals surface area contributed by atoms with E-state index in [2.05, 4.69) is 10.0 Å². The van der Waals surface area contributed by atoms with Gasteiger partial charge in [-0.15, -0.1) is 0 Å². The lowest BCUT2D eigenvalue weighted by Gasteiger charge is -2.23. The number of amides is 1. The number of carbonyl (C=O) groups excluding carboxylic acids is 1. The summed E-state index contributed by atoms with van der Waals surface area (Å²) < 4.78 is 38.9. The fraction of sp³-hybridized carbons (Fsp3) is 0.316. The highest BCUT2D eigenvalue weighted by Gasteiger charge is 2.33. The van der Waals surface area contributed by atoms with Gasteiger partial charge in [0.1, 0.15) is 11.9 Å². The van der Waals surface area contributed by atoms with Crippen LogP contribution in [0.2, 0.25) is 0 Å². The average Bonchev–Trinajstić information content (AvgIpc) is 2.89. The van der Waals surface area contributed by atoms with E-state index in [9.17, 15) is 17.6 Å². The quantitative estimate of drug-likeness (QED) is 0.841. The zero-order valence-corrected chi connectivity index (χ0v) is 15.4. The molecule has 0 heterocycles. The molecular weight excluding hydrogens is 355 g/mol. The van der Waals surface area contributed by atoms with Gasteiger partial charge in [0.25, 0.3) is 0 Å². The first kappa shape index (κ1) is 18.5. The van der Waals surface area contributed by atoms with Crippen LogP contribution in [0.3, 0.4) is 0 Å². The minimum absolute atomic E-state index is 0.121. The smallest absolute Gasteiger partial charge is 0.242 e. The molecule has 0 fully saturated rings. The van der Waals surface area contributed by atoms with Crippen molar-refractivity contribution in [1.29, 1.82) is 0 Å². The van der Waals surface area contributed by atoms with Crippen molar-refractivity contribution in [3.05, 3.63) is 71.0 Å². The molecule has 2 aromatic rings. The largest absolute Gasteiger partial charge is 0.351 e. The summed E-state index contributed by atoms with van der Waals surface area (Å²) in [5.41, 5.74) is 2.75. The molecule has 0 radical (unpaired) electrons. The lowest BCUT2D eigenvalue weighted by Crippen LogP contribution is -2.45. The fourth-order valence-corrected chi connectivity index (χ4v) is 4.05. The Balaban J connectivity index is 1.81. The van der Waals surface area contributed by atoms with Crippen molar-refractivity contribution in [1.82, 2.24) is 10.0 Å². The van der Waals surface area contributed by atoms with Gasteiger partial charge in [-0.2, -0.15) is 4.72 Å². The standard InChI is InChI=1S/C19H21FN2O3S/c1-12-16-6-4-3-5-14(16)11-17(12)21-19(23)18(22-26(2,24)25)13-7-9-15(20)10-8-13/h3-10,12,17-18,22H,11H2,1-2H3,(H,21,23)/t12-,17-,18+/m1/s1. The van der Waals surface area contributed by atoms with E-state index in [1.54, 1.807) is 0 Å². The Morgan fingerprint density at radius 2 is 1.81 bits per heavy atom. The first-order valence-electron chi connectivity index (χ1n) is 8.35. The Morgan fingerprint density at radius 3 is 2.42 bits per heavy atom. The van der Waals surface area contributed by atoms with E-state index in [1.807, 2.05) is 31.2 Å². The van der Waals surface area contributed by atoms with E-state index in [0.29, 0.717) is 12.0 Å². The second kappa shape index (κ2) is 7.17. The van der Waals surface area contributed by atoms with Crippen LogP contribution in [0.5, 0.6) is 0 Å². The number of nitrogens with one attached hydrogen (secondary N) is 2. The van der Waals surface area contributed by atoms with Gasteiger partial charge in [0, 0.05) is 12.0 Å². The number of rotatable bonds is 5. The molecule has 138 valence electrons. The second-order valence-corrected chi connectivity index (χ2v) is 8.46. The van der Waals surface area contributed by atoms with Gasteiger partial charge in [0.05, 0.1) is 6.26 Å². The summed E-state index contributed by atoms with van der Waals surface area (Å²) in [6.45, 7) is 2.04. The van der Waals surface area contributed by atoms with Gasteiger partial charge >= 0.3 is 0 Å². The Bertz CT molecular complexity index is 913. The monoisotopic (exact) mass is 376 g/mol. The third kappa shape index (κ3) is 4.11. The normalized spacial score (nSPS) is 20.4. The minimum Gasteiger partial charge on any atom is -0.351 e. The van der Waals surface area contributed by atoms with Crippen molar-refractivity contribution in [2.75, 3.05) is 6.26 Å². The van der Waals surface area contributed by atoms with Crippen LogP contribution >= 0.6 is 0 Å². The number of hydrogen-bond donors (Lipinski definition) is 2. The van der Waals surface area contributed by atoms with E-state index in [1.165, 1.54) is 35.4 Å². The molecule has 1 amide bonds. The van der Waals surface area contributed by atoms with Gasteiger partial charge in [0.2, 0.25) is 15.9 Å². The molecule has 3 rings (SSSR count). The lowest BCUT2D eigenvalue weighted by atomic mass is 10.00. The number of hydrogen-bond acceptors (Lipinski definition) is 3. The predicted molar refractivity (Wildman–Crippen MR) is 97.6 cm³/mol. The van der Waals surface area contributed by atoms with Crippen LogP contribution in [-0.4, -0.2) is 26.6 Å². The molecular formula is C19H21FN2O3S. The average molecular weight is 376 g/mol. The van der Waals surface area contributed by atoms with Crippen LogP contribution in [0.25, 0.3) is 0 Å². The molecule has 0 aromatic heterocycles. The van der Waals surface area contributed by atoms with Crippen molar-refractivity contribution in [2.45, 2.75) is 31.3 Å². The summed E-state index contributed by atoms with van der Waals surface area (Å²) in [4.78, 5) is 12.8. The van der Waals surface area contributed by atoms with Crippen molar-refractivity contribution in [2.24, 2.45) is 0 Å². The van der Waals surface area contributed by atoms with Gasteiger partial charge < -0.3 is 5.32 Å². The number of sulfonamides is 1. The topological polar surface area (TPSA) is 75.3 Å². The van der Waals surface area contributed by atoms with Crippen molar-refractivity contribution in [3.8, 4) is 0 Å². The van der Waals surface area contributed by atoms with Gasteiger partial charge in [-0.25, -0.2) is 12.8 Å². The Hall–Kier alpha value is -2.25. The van der Waals surface area contributed by atoms with Crippen LogP contribution in [0.15, 0.2) is 48.5 Å². The molecule has 7 heteroatoms. The highest BCUT2D eigenvalue weighted by Crippen LogP contribution is 2.33. The number of carbonyl (C=O) groups is 1. The molecule has 0 bridgehead atoms. The highest BCUT2D eigenvalue weighted by atomic mass is 32.2. The Kier molecular flexibility index (Phi) is 5.11. The molecule has 3 atom stereocenters. The summed E-state index contributed by atoms with van der Waals surface area (Å²) >= 11 is 0. The molecule has 2 aromatic carbocycles. The molecule has 0 saturated carbocycles. The summed E-state index contributed by atoms with van der Waals surface area (Å²) in [6, 6.07) is 12.0. The molecule has 0 saturated heterocycles. The van der Waals surface area contributed by atoms with Crippen LogP contribution in [-0.2, 0) is 21.2 Å². The number of benzene rings is 2. The zero-order valence-electron chi connectivity index (χ0n) is 14.6. The summed E-state index contributed by atoms with van der Waals surface area (Å²) in [7, 11) is -3.63. The van der Waals surface area contributed by atoms with Crippen LogP contribution < -0.4 is 10.0 Å². The van der Waals surface area contributed by atoms with E-state index in [-0.39, 0.29) is 12.0 Å².